The van der Waals surface area contributed by atoms with Crippen LogP contribution in [0.4, 0.5) is 0 Å². The molecule has 6 heteroatoms. The van der Waals surface area contributed by atoms with Gasteiger partial charge >= 0.3 is 5.97 Å². The van der Waals surface area contributed by atoms with Gasteiger partial charge in [-0.05, 0) is 18.9 Å². The molecule has 0 bridgehead atoms. The molecule has 6 nitrogen and oxygen atoms in total. The van der Waals surface area contributed by atoms with Crippen molar-refractivity contribution >= 4 is 11.9 Å². The molecule has 2 rings (SSSR count). The first-order valence-corrected chi connectivity index (χ1v) is 7.50. The molecule has 1 saturated carbocycles. The Kier molecular flexibility index (Phi) is 4.98. The molecule has 0 saturated heterocycles. The van der Waals surface area contributed by atoms with Crippen molar-refractivity contribution in [3.05, 3.63) is 18.0 Å². The molecule has 1 fully saturated rings. The topological polar surface area (TPSA) is 84.2 Å². The van der Waals surface area contributed by atoms with Gasteiger partial charge in [0.05, 0.1) is 11.1 Å². The highest BCUT2D eigenvalue weighted by atomic mass is 16.4. The van der Waals surface area contributed by atoms with Crippen LogP contribution in [0.3, 0.4) is 0 Å². The molecule has 0 unspecified atom stereocenters. The summed E-state index contributed by atoms with van der Waals surface area (Å²) in [5.41, 5.74) is 0.0660. The van der Waals surface area contributed by atoms with Crippen molar-refractivity contribution in [1.82, 2.24) is 15.1 Å². The summed E-state index contributed by atoms with van der Waals surface area (Å²) in [4.78, 5) is 23.5. The Morgan fingerprint density at radius 2 is 2.10 bits per heavy atom. The average Bonchev–Trinajstić information content (AvgIpc) is 2.85. The van der Waals surface area contributed by atoms with Crippen LogP contribution < -0.4 is 5.32 Å². The van der Waals surface area contributed by atoms with Crippen molar-refractivity contribution in [1.29, 1.82) is 0 Å². The number of carbonyl (C=O) groups is 2. The lowest BCUT2D eigenvalue weighted by atomic mass is 9.71. The smallest absolute Gasteiger partial charge is 0.310 e. The summed E-state index contributed by atoms with van der Waals surface area (Å²) in [5.74, 6) is -1.00. The Bertz CT molecular complexity index is 504. The molecule has 0 spiro atoms. The molecule has 1 aromatic heterocycles. The molecule has 0 atom stereocenters. The number of hydrogen-bond donors (Lipinski definition) is 2. The second-order valence-electron chi connectivity index (χ2n) is 5.90. The highest BCUT2D eigenvalue weighted by molar-refractivity contribution is 5.85. The first-order chi connectivity index (χ1) is 10.0. The number of aromatic nitrogens is 2. The molecule has 2 N–H and O–H groups in total. The van der Waals surface area contributed by atoms with E-state index in [4.69, 9.17) is 0 Å². The van der Waals surface area contributed by atoms with Gasteiger partial charge in [0.2, 0.25) is 5.91 Å². The van der Waals surface area contributed by atoms with E-state index < -0.39 is 11.4 Å². The van der Waals surface area contributed by atoms with Crippen molar-refractivity contribution < 1.29 is 14.7 Å². The maximum absolute atomic E-state index is 12.0. The van der Waals surface area contributed by atoms with Crippen LogP contribution in [0.1, 0.15) is 44.2 Å². The van der Waals surface area contributed by atoms with Crippen molar-refractivity contribution in [2.24, 2.45) is 12.5 Å². The second kappa shape index (κ2) is 6.74. The van der Waals surface area contributed by atoms with Crippen LogP contribution in [0, 0.1) is 5.41 Å². The normalized spacial score (nSPS) is 17.4. The highest BCUT2D eigenvalue weighted by Crippen LogP contribution is 2.39. The highest BCUT2D eigenvalue weighted by Gasteiger charge is 2.41. The van der Waals surface area contributed by atoms with Gasteiger partial charge in [-0.25, -0.2) is 0 Å². The van der Waals surface area contributed by atoms with Crippen LogP contribution in [0.2, 0.25) is 0 Å². The van der Waals surface area contributed by atoms with Crippen molar-refractivity contribution in [2.45, 2.75) is 44.9 Å². The summed E-state index contributed by atoms with van der Waals surface area (Å²) in [6.07, 6.45) is 6.68. The van der Waals surface area contributed by atoms with Crippen LogP contribution >= 0.6 is 0 Å². The largest absolute Gasteiger partial charge is 0.481 e. The maximum atomic E-state index is 12.0. The van der Waals surface area contributed by atoms with Gasteiger partial charge in [0.15, 0.2) is 0 Å². The molecular weight excluding hydrogens is 270 g/mol. The number of rotatable bonds is 6. The zero-order chi connectivity index (χ0) is 15.3. The average molecular weight is 293 g/mol. The third-order valence-electron chi connectivity index (χ3n) is 4.24. The SMILES string of the molecule is Cn1ccc(CCNC(=O)CC2(C(=O)O)CCCCC2)n1. The Labute approximate surface area is 124 Å². The third-order valence-corrected chi connectivity index (χ3v) is 4.24. The summed E-state index contributed by atoms with van der Waals surface area (Å²) in [5, 5.41) is 16.5. The fraction of sp³-hybridized carbons (Fsp3) is 0.667. The van der Waals surface area contributed by atoms with E-state index in [1.54, 1.807) is 4.68 Å². The van der Waals surface area contributed by atoms with E-state index in [2.05, 4.69) is 10.4 Å². The molecule has 1 aromatic rings. The van der Waals surface area contributed by atoms with Gasteiger partial charge in [0.25, 0.3) is 0 Å². The number of aliphatic carboxylic acids is 1. The number of amides is 1. The lowest BCUT2D eigenvalue weighted by Gasteiger charge is -2.32. The van der Waals surface area contributed by atoms with E-state index in [1.165, 1.54) is 0 Å². The standard InChI is InChI=1S/C15H23N3O3/c1-18-10-6-12(17-18)5-9-16-13(19)11-15(14(20)21)7-3-2-4-8-15/h6,10H,2-5,7-9,11H2,1H3,(H,16,19)(H,20,21). The van der Waals surface area contributed by atoms with Gasteiger partial charge in [0.1, 0.15) is 0 Å². The third kappa shape index (κ3) is 4.06. The second-order valence-corrected chi connectivity index (χ2v) is 5.90. The molecule has 0 radical (unpaired) electrons. The van der Waals surface area contributed by atoms with E-state index in [0.29, 0.717) is 25.8 Å². The molecule has 1 heterocycles. The molecule has 21 heavy (non-hydrogen) atoms. The van der Waals surface area contributed by atoms with E-state index in [1.807, 2.05) is 19.3 Å². The lowest BCUT2D eigenvalue weighted by molar-refractivity contribution is -0.154. The maximum Gasteiger partial charge on any atom is 0.310 e. The number of carboxylic acids is 1. The predicted octanol–water partition coefficient (Wildman–Crippen LogP) is 1.50. The minimum absolute atomic E-state index is 0.0878. The number of carboxylic acid groups (broad SMARTS) is 1. The zero-order valence-corrected chi connectivity index (χ0v) is 12.5. The van der Waals surface area contributed by atoms with Gasteiger partial charge in [-0.1, -0.05) is 19.3 Å². The quantitative estimate of drug-likeness (QED) is 0.832. The molecule has 1 aliphatic rings. The monoisotopic (exact) mass is 293 g/mol. The Morgan fingerprint density at radius 1 is 1.38 bits per heavy atom. The zero-order valence-electron chi connectivity index (χ0n) is 12.5. The van der Waals surface area contributed by atoms with Gasteiger partial charge in [-0.3, -0.25) is 14.3 Å². The first kappa shape index (κ1) is 15.5. The number of nitrogens with one attached hydrogen (secondary N) is 1. The first-order valence-electron chi connectivity index (χ1n) is 7.50. The van der Waals surface area contributed by atoms with Crippen LogP contribution in [0.15, 0.2) is 12.3 Å². The van der Waals surface area contributed by atoms with Crippen molar-refractivity contribution in [3.8, 4) is 0 Å². The molecule has 116 valence electrons. The molecule has 0 aliphatic heterocycles. The van der Waals surface area contributed by atoms with E-state index in [0.717, 1.165) is 25.0 Å². The summed E-state index contributed by atoms with van der Waals surface area (Å²) in [7, 11) is 1.85. The van der Waals surface area contributed by atoms with E-state index in [9.17, 15) is 14.7 Å². The van der Waals surface area contributed by atoms with Gasteiger partial charge in [-0.15, -0.1) is 0 Å². The van der Waals surface area contributed by atoms with Crippen molar-refractivity contribution in [3.63, 3.8) is 0 Å². The van der Waals surface area contributed by atoms with Crippen LogP contribution in [0.25, 0.3) is 0 Å². The van der Waals surface area contributed by atoms with E-state index in [-0.39, 0.29) is 12.3 Å². The fourth-order valence-electron chi connectivity index (χ4n) is 2.99. The molecule has 1 amide bonds. The van der Waals surface area contributed by atoms with Gasteiger partial charge in [0, 0.05) is 32.6 Å². The predicted molar refractivity (Wildman–Crippen MR) is 77.7 cm³/mol. The minimum atomic E-state index is -0.854. The summed E-state index contributed by atoms with van der Waals surface area (Å²) < 4.78 is 1.72. The Balaban J connectivity index is 1.81. The van der Waals surface area contributed by atoms with Gasteiger partial charge in [-0.2, -0.15) is 5.10 Å². The minimum Gasteiger partial charge on any atom is -0.481 e. The number of aryl methyl sites for hydroxylation is 1. The Hall–Kier alpha value is -1.85. The van der Waals surface area contributed by atoms with E-state index >= 15 is 0 Å². The van der Waals surface area contributed by atoms with Gasteiger partial charge < -0.3 is 10.4 Å². The van der Waals surface area contributed by atoms with Crippen LogP contribution in [-0.4, -0.2) is 33.3 Å². The molecule has 0 aromatic carbocycles. The summed E-state index contributed by atoms with van der Waals surface area (Å²) in [6, 6.07) is 1.91. The number of carbonyl (C=O) groups excluding carboxylic acids is 1. The van der Waals surface area contributed by atoms with Crippen molar-refractivity contribution in [2.75, 3.05) is 6.54 Å². The Morgan fingerprint density at radius 3 is 2.67 bits per heavy atom. The lowest BCUT2D eigenvalue weighted by Crippen LogP contribution is -2.39. The number of hydrogen-bond acceptors (Lipinski definition) is 3. The van der Waals surface area contributed by atoms with Crippen LogP contribution in [-0.2, 0) is 23.1 Å². The van der Waals surface area contributed by atoms with Crippen LogP contribution in [0.5, 0.6) is 0 Å². The molecule has 1 aliphatic carbocycles. The summed E-state index contributed by atoms with van der Waals surface area (Å²) >= 11 is 0. The molecular formula is C15H23N3O3. The number of nitrogens with zero attached hydrogens (tertiary/aromatic N) is 2. The summed E-state index contributed by atoms with van der Waals surface area (Å²) in [6.45, 7) is 0.492. The fourth-order valence-corrected chi connectivity index (χ4v) is 2.99.